The molecule has 108 valence electrons. The van der Waals surface area contributed by atoms with Crippen LogP contribution in [0, 0.1) is 18.3 Å². The maximum absolute atomic E-state index is 9.23. The minimum absolute atomic E-state index is 0.173. The van der Waals surface area contributed by atoms with Crippen LogP contribution in [0.25, 0.3) is 0 Å². The highest BCUT2D eigenvalue weighted by Crippen LogP contribution is 2.24. The zero-order valence-electron chi connectivity index (χ0n) is 12.6. The predicted molar refractivity (Wildman–Crippen MR) is 83.8 cm³/mol. The lowest BCUT2D eigenvalue weighted by molar-refractivity contribution is 0.217. The van der Waals surface area contributed by atoms with Crippen molar-refractivity contribution in [3.05, 3.63) is 47.7 Å². The Labute approximate surface area is 125 Å². The van der Waals surface area contributed by atoms with E-state index in [1.807, 2.05) is 44.2 Å². The highest BCUT2D eigenvalue weighted by atomic mass is 16.5. The Balaban J connectivity index is 2.23. The number of ether oxygens (including phenoxy) is 1. The van der Waals surface area contributed by atoms with Crippen LogP contribution in [0.3, 0.4) is 0 Å². The van der Waals surface area contributed by atoms with Gasteiger partial charge in [-0.05, 0) is 44.0 Å². The molecule has 0 fully saturated rings. The Bertz CT molecular complexity index is 661. The van der Waals surface area contributed by atoms with Gasteiger partial charge in [0.25, 0.3) is 0 Å². The normalized spacial score (nSPS) is 11.5. The number of nitrogens with one attached hydrogen (secondary N) is 1. The molecule has 1 aromatic heterocycles. The van der Waals surface area contributed by atoms with Crippen molar-refractivity contribution < 1.29 is 4.74 Å². The molecule has 1 unspecified atom stereocenters. The summed E-state index contributed by atoms with van der Waals surface area (Å²) in [6, 6.07) is 11.7. The first-order valence-electron chi connectivity index (χ1n) is 7.03. The van der Waals surface area contributed by atoms with Crippen molar-refractivity contribution in [3.8, 4) is 11.8 Å². The molecule has 1 heterocycles. The fourth-order valence-corrected chi connectivity index (χ4v) is 1.89. The predicted octanol–water partition coefficient (Wildman–Crippen LogP) is 4.18. The molecule has 0 spiro atoms. The molecule has 1 atom stereocenters. The molecule has 4 nitrogen and oxygen atoms in total. The van der Waals surface area contributed by atoms with Crippen molar-refractivity contribution in [1.29, 1.82) is 5.26 Å². The van der Waals surface area contributed by atoms with E-state index in [0.29, 0.717) is 11.4 Å². The van der Waals surface area contributed by atoms with Crippen molar-refractivity contribution >= 4 is 11.5 Å². The van der Waals surface area contributed by atoms with Gasteiger partial charge in [0.05, 0.1) is 11.7 Å². The van der Waals surface area contributed by atoms with E-state index < -0.39 is 0 Å². The molecule has 0 amide bonds. The number of anilines is 2. The van der Waals surface area contributed by atoms with Crippen LogP contribution in [0.2, 0.25) is 0 Å². The number of benzene rings is 1. The zero-order valence-corrected chi connectivity index (χ0v) is 12.6. The quantitative estimate of drug-likeness (QED) is 0.893. The molecule has 2 rings (SSSR count). The molecule has 2 aromatic rings. The van der Waals surface area contributed by atoms with E-state index in [0.717, 1.165) is 23.4 Å². The Morgan fingerprint density at radius 2 is 2.19 bits per heavy atom. The Morgan fingerprint density at radius 3 is 2.90 bits per heavy atom. The van der Waals surface area contributed by atoms with Gasteiger partial charge in [0.2, 0.25) is 0 Å². The van der Waals surface area contributed by atoms with E-state index in [1.165, 1.54) is 0 Å². The summed E-state index contributed by atoms with van der Waals surface area (Å²) in [5.41, 5.74) is 2.32. The Morgan fingerprint density at radius 1 is 1.38 bits per heavy atom. The summed E-state index contributed by atoms with van der Waals surface area (Å²) >= 11 is 0. The second-order valence-electron chi connectivity index (χ2n) is 4.95. The highest BCUT2D eigenvalue weighted by Gasteiger charge is 2.08. The van der Waals surface area contributed by atoms with E-state index in [4.69, 9.17) is 4.74 Å². The summed E-state index contributed by atoms with van der Waals surface area (Å²) in [6.45, 7) is 6.02. The first kappa shape index (κ1) is 14.9. The SMILES string of the molecule is CCC(C)Oc1cccc(Nc2nccc(C)c2C#N)c1. The average Bonchev–Trinajstić information content (AvgIpc) is 2.48. The molecule has 1 N–H and O–H groups in total. The van der Waals surface area contributed by atoms with Crippen LogP contribution in [-0.2, 0) is 0 Å². The van der Waals surface area contributed by atoms with E-state index in [-0.39, 0.29) is 6.10 Å². The maximum atomic E-state index is 9.23. The second-order valence-corrected chi connectivity index (χ2v) is 4.95. The lowest BCUT2D eigenvalue weighted by Gasteiger charge is -2.14. The van der Waals surface area contributed by atoms with Crippen molar-refractivity contribution in [2.75, 3.05) is 5.32 Å². The molecule has 0 bridgehead atoms. The van der Waals surface area contributed by atoms with Crippen molar-refractivity contribution in [2.24, 2.45) is 0 Å². The highest BCUT2D eigenvalue weighted by molar-refractivity contribution is 5.65. The molecule has 0 aliphatic carbocycles. The van der Waals surface area contributed by atoms with Crippen LogP contribution in [0.4, 0.5) is 11.5 Å². The molecule has 0 saturated carbocycles. The van der Waals surface area contributed by atoms with Gasteiger partial charge < -0.3 is 10.1 Å². The van der Waals surface area contributed by atoms with E-state index in [9.17, 15) is 5.26 Å². The third kappa shape index (κ3) is 3.73. The van der Waals surface area contributed by atoms with Crippen LogP contribution >= 0.6 is 0 Å². The first-order valence-corrected chi connectivity index (χ1v) is 7.03. The van der Waals surface area contributed by atoms with Crippen LogP contribution in [0.15, 0.2) is 36.5 Å². The van der Waals surface area contributed by atoms with E-state index in [2.05, 4.69) is 23.3 Å². The number of aryl methyl sites for hydroxylation is 1. The first-order chi connectivity index (χ1) is 10.1. The number of hydrogen-bond donors (Lipinski definition) is 1. The van der Waals surface area contributed by atoms with Gasteiger partial charge in [-0.15, -0.1) is 0 Å². The average molecular weight is 281 g/mol. The summed E-state index contributed by atoms with van der Waals surface area (Å²) in [5.74, 6) is 1.37. The fourth-order valence-electron chi connectivity index (χ4n) is 1.89. The Hall–Kier alpha value is -2.54. The number of pyridine rings is 1. The van der Waals surface area contributed by atoms with Crippen LogP contribution in [-0.4, -0.2) is 11.1 Å². The van der Waals surface area contributed by atoms with Crippen LogP contribution in [0.5, 0.6) is 5.75 Å². The standard InChI is InChI=1S/C17H19N3O/c1-4-13(3)21-15-7-5-6-14(10-15)20-17-16(11-18)12(2)8-9-19-17/h5-10,13H,4H2,1-3H3,(H,19,20). The second kappa shape index (κ2) is 6.76. The van der Waals surface area contributed by atoms with Gasteiger partial charge in [-0.2, -0.15) is 5.26 Å². The summed E-state index contributed by atoms with van der Waals surface area (Å²) < 4.78 is 5.80. The Kier molecular flexibility index (Phi) is 4.78. The van der Waals surface area contributed by atoms with Gasteiger partial charge in [0.15, 0.2) is 0 Å². The minimum atomic E-state index is 0.173. The lowest BCUT2D eigenvalue weighted by atomic mass is 10.1. The third-order valence-electron chi connectivity index (χ3n) is 3.28. The van der Waals surface area contributed by atoms with Gasteiger partial charge in [0, 0.05) is 18.0 Å². The summed E-state index contributed by atoms with van der Waals surface area (Å²) in [4.78, 5) is 4.24. The summed E-state index contributed by atoms with van der Waals surface area (Å²) in [5, 5.41) is 12.4. The minimum Gasteiger partial charge on any atom is -0.491 e. The molecule has 0 radical (unpaired) electrons. The van der Waals surface area contributed by atoms with Gasteiger partial charge in [-0.1, -0.05) is 13.0 Å². The number of rotatable bonds is 5. The van der Waals surface area contributed by atoms with Crippen molar-refractivity contribution in [1.82, 2.24) is 4.98 Å². The van der Waals surface area contributed by atoms with Gasteiger partial charge in [-0.25, -0.2) is 4.98 Å². The van der Waals surface area contributed by atoms with E-state index in [1.54, 1.807) is 6.20 Å². The molecule has 0 saturated heterocycles. The molecule has 4 heteroatoms. The molecule has 0 aliphatic rings. The smallest absolute Gasteiger partial charge is 0.148 e. The monoisotopic (exact) mass is 281 g/mol. The summed E-state index contributed by atoms with van der Waals surface area (Å²) in [7, 11) is 0. The molecule has 21 heavy (non-hydrogen) atoms. The maximum Gasteiger partial charge on any atom is 0.148 e. The van der Waals surface area contributed by atoms with Crippen molar-refractivity contribution in [2.45, 2.75) is 33.3 Å². The lowest BCUT2D eigenvalue weighted by Crippen LogP contribution is -2.09. The molecular weight excluding hydrogens is 262 g/mol. The topological polar surface area (TPSA) is 57.9 Å². The molecule has 0 aliphatic heterocycles. The van der Waals surface area contributed by atoms with Crippen molar-refractivity contribution in [3.63, 3.8) is 0 Å². The number of nitriles is 1. The number of aromatic nitrogens is 1. The number of nitrogens with zero attached hydrogens (tertiary/aromatic N) is 2. The molecule has 1 aromatic carbocycles. The largest absolute Gasteiger partial charge is 0.491 e. The fraction of sp³-hybridized carbons (Fsp3) is 0.294. The number of hydrogen-bond acceptors (Lipinski definition) is 4. The third-order valence-corrected chi connectivity index (χ3v) is 3.28. The molecular formula is C17H19N3O. The van der Waals surface area contributed by atoms with Crippen LogP contribution in [0.1, 0.15) is 31.4 Å². The zero-order chi connectivity index (χ0) is 15.2. The van der Waals surface area contributed by atoms with Gasteiger partial charge in [-0.3, -0.25) is 0 Å². The van der Waals surface area contributed by atoms with E-state index >= 15 is 0 Å². The van der Waals surface area contributed by atoms with Gasteiger partial charge >= 0.3 is 0 Å². The summed E-state index contributed by atoms with van der Waals surface area (Å²) in [6.07, 6.45) is 2.82. The van der Waals surface area contributed by atoms with Crippen LogP contribution < -0.4 is 10.1 Å². The van der Waals surface area contributed by atoms with Gasteiger partial charge in [0.1, 0.15) is 17.6 Å².